The molecule has 0 radical (unpaired) electrons. The van der Waals surface area contributed by atoms with Crippen LogP contribution >= 0.6 is 15.9 Å². The van der Waals surface area contributed by atoms with Crippen LogP contribution in [0.15, 0.2) is 77.3 Å². The molecule has 0 bridgehead atoms. The Morgan fingerprint density at radius 3 is 2.30 bits per heavy atom. The van der Waals surface area contributed by atoms with Crippen LogP contribution in [0, 0.1) is 13.8 Å². The quantitative estimate of drug-likeness (QED) is 0.345. The van der Waals surface area contributed by atoms with E-state index in [1.807, 2.05) is 44.2 Å². The second-order valence-corrected chi connectivity index (χ2v) is 10.7. The minimum atomic E-state index is -1.30. The summed E-state index contributed by atoms with van der Waals surface area (Å²) < 4.78 is 0.768. The van der Waals surface area contributed by atoms with Crippen LogP contribution in [0.2, 0.25) is 0 Å². The normalized spacial score (nSPS) is 15.7. The molecule has 3 aromatic rings. The van der Waals surface area contributed by atoms with Crippen molar-refractivity contribution in [3.05, 3.63) is 99.5 Å². The number of rotatable bonds is 7. The summed E-state index contributed by atoms with van der Waals surface area (Å²) in [6, 6.07) is 19.8. The van der Waals surface area contributed by atoms with Gasteiger partial charge in [0.15, 0.2) is 6.17 Å². The number of benzene rings is 3. The Kier molecular flexibility index (Phi) is 9.21. The number of hydrogen-bond acceptors (Lipinski definition) is 4. The Balaban J connectivity index is 1.68. The fourth-order valence-corrected chi connectivity index (χ4v) is 5.12. The Labute approximate surface area is 241 Å². The number of nitrogens with one attached hydrogen (secondary N) is 2. The van der Waals surface area contributed by atoms with Gasteiger partial charge in [-0.1, -0.05) is 69.5 Å². The van der Waals surface area contributed by atoms with Crippen molar-refractivity contribution in [3.63, 3.8) is 0 Å². The molecular weight excluding hydrogens is 576 g/mol. The number of amides is 4. The fraction of sp³-hybridized carbons (Fsp3) is 0.267. The summed E-state index contributed by atoms with van der Waals surface area (Å²) in [5, 5.41) is 15.2. The first-order chi connectivity index (χ1) is 19.1. The van der Waals surface area contributed by atoms with Crippen molar-refractivity contribution in [2.75, 3.05) is 18.4 Å². The zero-order valence-electron chi connectivity index (χ0n) is 22.3. The molecule has 4 amide bonds. The number of nitrogens with zero attached hydrogens (tertiary/aromatic N) is 2. The average Bonchev–Trinajstić information content (AvgIpc) is 2.92. The van der Waals surface area contributed by atoms with Crippen LogP contribution in [0.25, 0.3) is 0 Å². The highest BCUT2D eigenvalue weighted by molar-refractivity contribution is 9.10. The molecule has 1 aliphatic rings. The lowest BCUT2D eigenvalue weighted by Gasteiger charge is -2.43. The number of anilines is 1. The molecule has 4 rings (SSSR count). The molecule has 0 spiro atoms. The van der Waals surface area contributed by atoms with Gasteiger partial charge in [0.25, 0.3) is 11.8 Å². The molecule has 3 N–H and O–H groups in total. The van der Waals surface area contributed by atoms with E-state index >= 15 is 0 Å². The predicted molar refractivity (Wildman–Crippen MR) is 155 cm³/mol. The number of hydrogen-bond donors (Lipinski definition) is 3. The molecule has 40 heavy (non-hydrogen) atoms. The average molecular weight is 608 g/mol. The summed E-state index contributed by atoms with van der Waals surface area (Å²) >= 11 is 3.39. The molecule has 0 saturated carbocycles. The number of aryl methyl sites for hydroxylation is 2. The molecule has 3 aromatic carbocycles. The molecule has 10 heteroatoms. The number of carboxylic acids is 1. The van der Waals surface area contributed by atoms with E-state index in [2.05, 4.69) is 26.6 Å². The van der Waals surface area contributed by atoms with Gasteiger partial charge < -0.3 is 20.6 Å². The van der Waals surface area contributed by atoms with Crippen molar-refractivity contribution in [2.24, 2.45) is 0 Å². The van der Waals surface area contributed by atoms with Crippen LogP contribution in [0.4, 0.5) is 10.5 Å². The maximum atomic E-state index is 13.9. The Morgan fingerprint density at radius 2 is 1.62 bits per heavy atom. The predicted octanol–water partition coefficient (Wildman–Crippen LogP) is 5.10. The van der Waals surface area contributed by atoms with Crippen molar-refractivity contribution >= 4 is 45.4 Å². The summed E-state index contributed by atoms with van der Waals surface area (Å²) in [4.78, 5) is 55.5. The largest absolute Gasteiger partial charge is 0.481 e. The summed E-state index contributed by atoms with van der Waals surface area (Å²) in [5.74, 6) is -2.13. The van der Waals surface area contributed by atoms with Gasteiger partial charge in [-0.25, -0.2) is 4.79 Å². The van der Waals surface area contributed by atoms with Gasteiger partial charge in [0.2, 0.25) is 0 Å². The first-order valence-corrected chi connectivity index (χ1v) is 13.7. The smallest absolute Gasteiger partial charge is 0.323 e. The van der Waals surface area contributed by atoms with E-state index in [4.69, 9.17) is 0 Å². The highest BCUT2D eigenvalue weighted by atomic mass is 79.9. The highest BCUT2D eigenvalue weighted by Crippen LogP contribution is 2.24. The van der Waals surface area contributed by atoms with Gasteiger partial charge in [0.1, 0.15) is 0 Å². The lowest BCUT2D eigenvalue weighted by molar-refractivity contribution is -0.138. The molecule has 9 nitrogen and oxygen atoms in total. The summed E-state index contributed by atoms with van der Waals surface area (Å²) in [6.45, 7) is 4.26. The van der Waals surface area contributed by atoms with Crippen LogP contribution in [0.5, 0.6) is 0 Å². The van der Waals surface area contributed by atoms with Crippen LogP contribution in [-0.4, -0.2) is 58.0 Å². The van der Waals surface area contributed by atoms with Crippen molar-refractivity contribution in [1.29, 1.82) is 0 Å². The first kappa shape index (κ1) is 28.8. The fourth-order valence-electron chi connectivity index (χ4n) is 4.72. The minimum absolute atomic E-state index is 0.226. The standard InChI is InChI=1S/C30H31BrN4O5/c1-19-10-12-21(13-11-19)29(39)34-14-5-15-35(30(40)32-24-9-4-8-23(31)17-24)28(34)27(38)33-25(18-26(36)37)22-7-3-6-20(2)16-22/h3-4,6-13,16-17,25,28H,5,14-15,18H2,1-2H3,(H,32,40)(H,33,38)(H,36,37). The Bertz CT molecular complexity index is 1410. The van der Waals surface area contributed by atoms with Gasteiger partial charge in [0, 0.05) is 28.8 Å². The van der Waals surface area contributed by atoms with E-state index in [1.54, 1.807) is 42.5 Å². The van der Waals surface area contributed by atoms with E-state index in [9.17, 15) is 24.3 Å². The number of urea groups is 1. The molecule has 1 heterocycles. The van der Waals surface area contributed by atoms with Crippen molar-refractivity contribution in [2.45, 2.75) is 38.9 Å². The van der Waals surface area contributed by atoms with Gasteiger partial charge in [-0.05, 0) is 56.2 Å². The molecule has 2 atom stereocenters. The SMILES string of the molecule is Cc1ccc(C(=O)N2CCCN(C(=O)Nc3cccc(Br)c3)C2C(=O)NC(CC(=O)O)c2cccc(C)c2)cc1. The van der Waals surface area contributed by atoms with Crippen molar-refractivity contribution in [3.8, 4) is 0 Å². The van der Waals surface area contributed by atoms with Gasteiger partial charge in [0.05, 0.1) is 12.5 Å². The topological polar surface area (TPSA) is 119 Å². The second-order valence-electron chi connectivity index (χ2n) is 9.80. The highest BCUT2D eigenvalue weighted by Gasteiger charge is 2.41. The Morgan fingerprint density at radius 1 is 0.925 bits per heavy atom. The van der Waals surface area contributed by atoms with Gasteiger partial charge in [-0.2, -0.15) is 0 Å². The van der Waals surface area contributed by atoms with E-state index < -0.39 is 36.0 Å². The van der Waals surface area contributed by atoms with E-state index in [-0.39, 0.29) is 19.5 Å². The maximum Gasteiger partial charge on any atom is 0.323 e. The van der Waals surface area contributed by atoms with Crippen LogP contribution < -0.4 is 10.6 Å². The lowest BCUT2D eigenvalue weighted by atomic mass is 10.0. The molecule has 1 fully saturated rings. The number of aliphatic carboxylic acids is 1. The van der Waals surface area contributed by atoms with Gasteiger partial charge in [-0.3, -0.25) is 19.3 Å². The first-order valence-electron chi connectivity index (χ1n) is 12.9. The third kappa shape index (κ3) is 7.06. The summed E-state index contributed by atoms with van der Waals surface area (Å²) in [6.07, 6.45) is -1.20. The monoisotopic (exact) mass is 606 g/mol. The second kappa shape index (κ2) is 12.8. The molecule has 208 valence electrons. The third-order valence-electron chi connectivity index (χ3n) is 6.66. The summed E-state index contributed by atoms with van der Waals surface area (Å²) in [7, 11) is 0. The van der Waals surface area contributed by atoms with Crippen LogP contribution in [0.1, 0.15) is 45.9 Å². The lowest BCUT2D eigenvalue weighted by Crippen LogP contribution is -2.64. The Hall–Kier alpha value is -4.18. The number of carbonyl (C=O) groups excluding carboxylic acids is 3. The molecule has 2 unspecified atom stereocenters. The number of carbonyl (C=O) groups is 4. The van der Waals surface area contributed by atoms with Gasteiger partial charge in [-0.15, -0.1) is 0 Å². The van der Waals surface area contributed by atoms with E-state index in [1.165, 1.54) is 9.80 Å². The number of halogens is 1. The van der Waals surface area contributed by atoms with Crippen LogP contribution in [-0.2, 0) is 9.59 Å². The van der Waals surface area contributed by atoms with Gasteiger partial charge >= 0.3 is 12.0 Å². The third-order valence-corrected chi connectivity index (χ3v) is 7.15. The zero-order valence-corrected chi connectivity index (χ0v) is 23.8. The van der Waals surface area contributed by atoms with Crippen LogP contribution in [0.3, 0.4) is 0 Å². The van der Waals surface area contributed by atoms with Crippen molar-refractivity contribution < 1.29 is 24.3 Å². The molecule has 0 aliphatic carbocycles. The maximum absolute atomic E-state index is 13.9. The zero-order chi connectivity index (χ0) is 28.8. The number of carboxylic acid groups (broad SMARTS) is 1. The van der Waals surface area contributed by atoms with E-state index in [0.717, 1.165) is 15.6 Å². The van der Waals surface area contributed by atoms with Crippen molar-refractivity contribution in [1.82, 2.24) is 15.1 Å². The molecule has 0 aromatic heterocycles. The van der Waals surface area contributed by atoms with E-state index in [0.29, 0.717) is 23.2 Å². The minimum Gasteiger partial charge on any atom is -0.481 e. The molecular formula is C30H31BrN4O5. The molecule has 1 aliphatic heterocycles. The molecule has 1 saturated heterocycles. The summed E-state index contributed by atoms with van der Waals surface area (Å²) in [5.41, 5.74) is 3.41.